The number of phenolic OH excluding ortho intramolecular Hbond substituents is 1. The first-order valence-electron chi connectivity index (χ1n) is 6.10. The summed E-state index contributed by atoms with van der Waals surface area (Å²) >= 11 is 0. The van der Waals surface area contributed by atoms with Gasteiger partial charge in [-0.3, -0.25) is 19.6 Å². The van der Waals surface area contributed by atoms with Gasteiger partial charge in [-0.05, 0) is 19.9 Å². The standard InChI is InChI=1S/C13H14N4O4/c1-7-12(8(2)16(3)15-7)13(19)14-10-6-9(17(20)21)4-5-11(10)18/h4-6,18H,1-3H3,(H,14,19). The van der Waals surface area contributed by atoms with Gasteiger partial charge < -0.3 is 10.4 Å². The number of nitrogens with zero attached hydrogens (tertiary/aromatic N) is 3. The number of aromatic hydroxyl groups is 1. The second kappa shape index (κ2) is 5.23. The van der Waals surface area contributed by atoms with Gasteiger partial charge >= 0.3 is 0 Å². The van der Waals surface area contributed by atoms with Crippen LogP contribution in [0.2, 0.25) is 0 Å². The van der Waals surface area contributed by atoms with Crippen LogP contribution in [0.1, 0.15) is 21.7 Å². The molecule has 0 atom stereocenters. The number of aromatic nitrogens is 2. The van der Waals surface area contributed by atoms with E-state index in [2.05, 4.69) is 10.4 Å². The van der Waals surface area contributed by atoms with E-state index in [4.69, 9.17) is 0 Å². The van der Waals surface area contributed by atoms with Crippen molar-refractivity contribution >= 4 is 17.3 Å². The van der Waals surface area contributed by atoms with Crippen LogP contribution in [0.25, 0.3) is 0 Å². The van der Waals surface area contributed by atoms with E-state index in [1.165, 1.54) is 0 Å². The van der Waals surface area contributed by atoms with Crippen LogP contribution >= 0.6 is 0 Å². The fourth-order valence-corrected chi connectivity index (χ4v) is 2.02. The van der Waals surface area contributed by atoms with Crippen molar-refractivity contribution in [1.29, 1.82) is 0 Å². The van der Waals surface area contributed by atoms with Crippen molar-refractivity contribution in [2.24, 2.45) is 7.05 Å². The molecule has 0 saturated carbocycles. The van der Waals surface area contributed by atoms with E-state index in [0.29, 0.717) is 17.0 Å². The Bertz CT molecular complexity index is 736. The van der Waals surface area contributed by atoms with E-state index in [-0.39, 0.29) is 17.1 Å². The van der Waals surface area contributed by atoms with Gasteiger partial charge in [0.25, 0.3) is 11.6 Å². The van der Waals surface area contributed by atoms with Gasteiger partial charge in [0.15, 0.2) is 0 Å². The zero-order chi connectivity index (χ0) is 15.7. The van der Waals surface area contributed by atoms with Crippen molar-refractivity contribution in [2.45, 2.75) is 13.8 Å². The molecule has 0 bridgehead atoms. The number of anilines is 1. The molecule has 0 aliphatic rings. The molecular weight excluding hydrogens is 276 g/mol. The average Bonchev–Trinajstić information content (AvgIpc) is 2.65. The number of aryl methyl sites for hydroxylation is 2. The number of hydrogen-bond donors (Lipinski definition) is 2. The second-order valence-corrected chi connectivity index (χ2v) is 4.58. The fraction of sp³-hybridized carbons (Fsp3) is 0.231. The van der Waals surface area contributed by atoms with Gasteiger partial charge in [-0.2, -0.15) is 5.10 Å². The number of non-ortho nitro benzene ring substituents is 1. The molecule has 2 rings (SSSR count). The minimum Gasteiger partial charge on any atom is -0.506 e. The monoisotopic (exact) mass is 290 g/mol. The number of phenols is 1. The van der Waals surface area contributed by atoms with Crippen molar-refractivity contribution in [3.05, 3.63) is 45.3 Å². The molecule has 2 aromatic rings. The van der Waals surface area contributed by atoms with Crippen LogP contribution in [-0.4, -0.2) is 25.7 Å². The smallest absolute Gasteiger partial charge is 0.271 e. The van der Waals surface area contributed by atoms with Gasteiger partial charge in [0.1, 0.15) is 5.75 Å². The summed E-state index contributed by atoms with van der Waals surface area (Å²) in [6.45, 7) is 3.43. The summed E-state index contributed by atoms with van der Waals surface area (Å²) in [6.07, 6.45) is 0. The van der Waals surface area contributed by atoms with E-state index in [0.717, 1.165) is 18.2 Å². The molecule has 21 heavy (non-hydrogen) atoms. The Morgan fingerprint density at radius 1 is 1.43 bits per heavy atom. The summed E-state index contributed by atoms with van der Waals surface area (Å²) < 4.78 is 1.57. The first-order valence-corrected chi connectivity index (χ1v) is 6.10. The number of hydrogen-bond acceptors (Lipinski definition) is 5. The number of rotatable bonds is 3. The molecule has 0 aliphatic carbocycles. The van der Waals surface area contributed by atoms with Gasteiger partial charge in [-0.15, -0.1) is 0 Å². The Morgan fingerprint density at radius 2 is 2.10 bits per heavy atom. The Labute approximate surface area is 120 Å². The van der Waals surface area contributed by atoms with Crippen LogP contribution < -0.4 is 5.32 Å². The van der Waals surface area contributed by atoms with Crippen LogP contribution in [0, 0.1) is 24.0 Å². The summed E-state index contributed by atoms with van der Waals surface area (Å²) in [5.41, 5.74) is 1.34. The lowest BCUT2D eigenvalue weighted by atomic mass is 10.1. The lowest BCUT2D eigenvalue weighted by Crippen LogP contribution is -2.14. The molecule has 1 amide bonds. The topological polar surface area (TPSA) is 110 Å². The lowest BCUT2D eigenvalue weighted by molar-refractivity contribution is -0.384. The van der Waals surface area contributed by atoms with Crippen molar-refractivity contribution in [3.63, 3.8) is 0 Å². The normalized spacial score (nSPS) is 10.4. The van der Waals surface area contributed by atoms with Crippen molar-refractivity contribution in [2.75, 3.05) is 5.32 Å². The molecule has 8 heteroatoms. The van der Waals surface area contributed by atoms with Gasteiger partial charge in [-0.25, -0.2) is 0 Å². The number of nitro groups is 1. The predicted octanol–water partition coefficient (Wildman–Crippen LogP) is 1.90. The summed E-state index contributed by atoms with van der Waals surface area (Å²) in [7, 11) is 1.71. The number of carbonyl (C=O) groups is 1. The number of nitrogens with one attached hydrogen (secondary N) is 1. The Kier molecular flexibility index (Phi) is 3.62. The molecule has 0 radical (unpaired) electrons. The SMILES string of the molecule is Cc1nn(C)c(C)c1C(=O)Nc1cc([N+](=O)[O-])ccc1O. The second-order valence-electron chi connectivity index (χ2n) is 4.58. The van der Waals surface area contributed by atoms with Crippen molar-refractivity contribution in [3.8, 4) is 5.75 Å². The maximum absolute atomic E-state index is 12.3. The predicted molar refractivity (Wildman–Crippen MR) is 75.4 cm³/mol. The molecule has 2 N–H and O–H groups in total. The molecule has 1 aromatic carbocycles. The highest BCUT2D eigenvalue weighted by Crippen LogP contribution is 2.28. The Hall–Kier alpha value is -2.90. The van der Waals surface area contributed by atoms with Gasteiger partial charge in [0.05, 0.1) is 21.9 Å². The van der Waals surface area contributed by atoms with E-state index in [1.807, 2.05) is 0 Å². The minimum absolute atomic E-state index is 0.0168. The quantitative estimate of drug-likeness (QED) is 0.509. The number of amides is 1. The summed E-state index contributed by atoms with van der Waals surface area (Å²) in [4.78, 5) is 22.4. The molecule has 8 nitrogen and oxygen atoms in total. The molecule has 1 heterocycles. The van der Waals surface area contributed by atoms with E-state index >= 15 is 0 Å². The zero-order valence-corrected chi connectivity index (χ0v) is 11.7. The molecule has 0 fully saturated rings. The Balaban J connectivity index is 2.35. The average molecular weight is 290 g/mol. The first-order chi connectivity index (χ1) is 9.81. The number of nitro benzene ring substituents is 1. The highest BCUT2D eigenvalue weighted by atomic mass is 16.6. The van der Waals surface area contributed by atoms with E-state index in [1.54, 1.807) is 25.6 Å². The third-order valence-electron chi connectivity index (χ3n) is 3.18. The van der Waals surface area contributed by atoms with Crippen molar-refractivity contribution in [1.82, 2.24) is 9.78 Å². The third-order valence-corrected chi connectivity index (χ3v) is 3.18. The fourth-order valence-electron chi connectivity index (χ4n) is 2.02. The highest BCUT2D eigenvalue weighted by molar-refractivity contribution is 6.06. The van der Waals surface area contributed by atoms with Crippen LogP contribution in [0.4, 0.5) is 11.4 Å². The molecule has 0 aliphatic heterocycles. The molecular formula is C13H14N4O4. The Morgan fingerprint density at radius 3 is 2.62 bits per heavy atom. The van der Waals surface area contributed by atoms with Gasteiger partial charge in [0, 0.05) is 24.9 Å². The maximum Gasteiger partial charge on any atom is 0.271 e. The molecule has 0 spiro atoms. The summed E-state index contributed by atoms with van der Waals surface area (Å²) in [6, 6.07) is 3.43. The summed E-state index contributed by atoms with van der Waals surface area (Å²) in [5.74, 6) is -0.720. The van der Waals surface area contributed by atoms with Crippen LogP contribution in [0.5, 0.6) is 5.75 Å². The van der Waals surface area contributed by atoms with Crippen molar-refractivity contribution < 1.29 is 14.8 Å². The molecule has 0 unspecified atom stereocenters. The molecule has 0 saturated heterocycles. The first kappa shape index (κ1) is 14.5. The zero-order valence-electron chi connectivity index (χ0n) is 11.7. The van der Waals surface area contributed by atoms with Crippen LogP contribution in [0.15, 0.2) is 18.2 Å². The minimum atomic E-state index is -0.602. The summed E-state index contributed by atoms with van der Waals surface area (Å²) in [5, 5.41) is 27.0. The lowest BCUT2D eigenvalue weighted by Gasteiger charge is -2.07. The van der Waals surface area contributed by atoms with Gasteiger partial charge in [0.2, 0.25) is 0 Å². The van der Waals surface area contributed by atoms with Crippen LogP contribution in [0.3, 0.4) is 0 Å². The number of benzene rings is 1. The maximum atomic E-state index is 12.3. The highest BCUT2D eigenvalue weighted by Gasteiger charge is 2.19. The molecule has 110 valence electrons. The van der Waals surface area contributed by atoms with Crippen LogP contribution in [-0.2, 0) is 7.05 Å². The van der Waals surface area contributed by atoms with E-state index in [9.17, 15) is 20.0 Å². The van der Waals surface area contributed by atoms with Gasteiger partial charge in [-0.1, -0.05) is 0 Å². The molecule has 1 aromatic heterocycles. The number of carbonyl (C=O) groups excluding carboxylic acids is 1. The van der Waals surface area contributed by atoms with E-state index < -0.39 is 10.8 Å². The third kappa shape index (κ3) is 2.69. The largest absolute Gasteiger partial charge is 0.506 e.